The lowest BCUT2D eigenvalue weighted by Gasteiger charge is -2.51. The second-order valence-corrected chi connectivity index (χ2v) is 6.81. The summed E-state index contributed by atoms with van der Waals surface area (Å²) in [6, 6.07) is 11.8. The number of nitrogens with two attached hydrogens (primary N) is 1. The van der Waals surface area contributed by atoms with Crippen LogP contribution in [0.2, 0.25) is 0 Å². The molecule has 0 aromatic heterocycles. The van der Waals surface area contributed by atoms with Crippen molar-refractivity contribution in [3.8, 4) is 0 Å². The zero-order chi connectivity index (χ0) is 14.0. The molecule has 0 amide bonds. The van der Waals surface area contributed by atoms with Crippen molar-refractivity contribution in [2.75, 3.05) is 13.6 Å². The fourth-order valence-electron chi connectivity index (χ4n) is 4.08. The predicted molar refractivity (Wildman–Crippen MR) is 84.8 cm³/mol. The molecule has 110 valence electrons. The van der Waals surface area contributed by atoms with Crippen LogP contribution in [0.1, 0.15) is 56.4 Å². The Bertz CT molecular complexity index is 416. The van der Waals surface area contributed by atoms with Crippen LogP contribution in [0, 0.1) is 0 Å². The van der Waals surface area contributed by atoms with E-state index in [4.69, 9.17) is 5.73 Å². The van der Waals surface area contributed by atoms with Gasteiger partial charge >= 0.3 is 0 Å². The van der Waals surface area contributed by atoms with Crippen molar-refractivity contribution in [3.05, 3.63) is 35.9 Å². The highest BCUT2D eigenvalue weighted by atomic mass is 15.2. The average Bonchev–Trinajstić information content (AvgIpc) is 2.46. The quantitative estimate of drug-likeness (QED) is 0.908. The minimum atomic E-state index is 0.274. The van der Waals surface area contributed by atoms with Crippen molar-refractivity contribution >= 4 is 0 Å². The summed E-state index contributed by atoms with van der Waals surface area (Å²) in [4.78, 5) is 2.64. The molecule has 0 unspecified atom stereocenters. The van der Waals surface area contributed by atoms with Crippen LogP contribution in [0.5, 0.6) is 0 Å². The van der Waals surface area contributed by atoms with Gasteiger partial charge in [0.05, 0.1) is 0 Å². The smallest absolute Gasteiger partial charge is 0.0332 e. The SMILES string of the molecule is CN(C1CCC1)C1(CN)CCC(c2ccccc2)CC1. The molecule has 2 saturated carbocycles. The van der Waals surface area contributed by atoms with Crippen molar-refractivity contribution < 1.29 is 0 Å². The van der Waals surface area contributed by atoms with E-state index in [1.165, 1.54) is 50.5 Å². The average molecular weight is 272 g/mol. The van der Waals surface area contributed by atoms with E-state index in [9.17, 15) is 0 Å². The highest BCUT2D eigenvalue weighted by Gasteiger charge is 2.41. The first-order valence-corrected chi connectivity index (χ1v) is 8.23. The molecule has 2 fully saturated rings. The summed E-state index contributed by atoms with van der Waals surface area (Å²) in [7, 11) is 2.32. The van der Waals surface area contributed by atoms with Gasteiger partial charge in [0.25, 0.3) is 0 Å². The lowest BCUT2D eigenvalue weighted by molar-refractivity contribution is 0.00902. The third-order valence-electron chi connectivity index (χ3n) is 5.94. The van der Waals surface area contributed by atoms with Gasteiger partial charge in [-0.15, -0.1) is 0 Å². The molecule has 2 N–H and O–H groups in total. The van der Waals surface area contributed by atoms with Crippen molar-refractivity contribution in [1.82, 2.24) is 4.90 Å². The van der Waals surface area contributed by atoms with E-state index in [0.717, 1.165) is 18.5 Å². The van der Waals surface area contributed by atoms with E-state index < -0.39 is 0 Å². The fourth-order valence-corrected chi connectivity index (χ4v) is 4.08. The third kappa shape index (κ3) is 2.51. The van der Waals surface area contributed by atoms with Gasteiger partial charge in [-0.3, -0.25) is 4.90 Å². The number of hydrogen-bond acceptors (Lipinski definition) is 2. The molecule has 0 aliphatic heterocycles. The van der Waals surface area contributed by atoms with E-state index >= 15 is 0 Å². The van der Waals surface area contributed by atoms with Gasteiger partial charge in [-0.25, -0.2) is 0 Å². The van der Waals surface area contributed by atoms with E-state index in [2.05, 4.69) is 42.3 Å². The van der Waals surface area contributed by atoms with Crippen LogP contribution in [-0.2, 0) is 0 Å². The monoisotopic (exact) mass is 272 g/mol. The lowest BCUT2D eigenvalue weighted by Crippen LogP contribution is -2.58. The molecule has 3 rings (SSSR count). The van der Waals surface area contributed by atoms with Crippen molar-refractivity contribution in [2.24, 2.45) is 5.73 Å². The number of rotatable bonds is 4. The van der Waals surface area contributed by atoms with Crippen LogP contribution in [0.3, 0.4) is 0 Å². The van der Waals surface area contributed by atoms with Gasteiger partial charge in [0, 0.05) is 18.1 Å². The van der Waals surface area contributed by atoms with Gasteiger partial charge in [-0.05, 0) is 57.1 Å². The number of likely N-dealkylation sites (N-methyl/N-ethyl adjacent to an activating group) is 1. The van der Waals surface area contributed by atoms with Crippen LogP contribution in [0.4, 0.5) is 0 Å². The highest BCUT2D eigenvalue weighted by Crippen LogP contribution is 2.42. The maximum atomic E-state index is 6.20. The van der Waals surface area contributed by atoms with Gasteiger partial charge in [0.1, 0.15) is 0 Å². The molecular formula is C18H28N2. The topological polar surface area (TPSA) is 29.3 Å². The summed E-state index contributed by atoms with van der Waals surface area (Å²) in [5.41, 5.74) is 7.99. The van der Waals surface area contributed by atoms with Crippen LogP contribution >= 0.6 is 0 Å². The summed E-state index contributed by atoms with van der Waals surface area (Å²) in [6.45, 7) is 0.821. The van der Waals surface area contributed by atoms with E-state index in [0.29, 0.717) is 0 Å². The molecule has 0 bridgehead atoms. The first kappa shape index (κ1) is 14.1. The Morgan fingerprint density at radius 3 is 2.25 bits per heavy atom. The molecule has 1 aromatic carbocycles. The molecule has 0 radical (unpaired) electrons. The predicted octanol–water partition coefficient (Wildman–Crippen LogP) is 3.53. The Balaban J connectivity index is 1.66. The van der Waals surface area contributed by atoms with Crippen molar-refractivity contribution in [1.29, 1.82) is 0 Å². The Hall–Kier alpha value is -0.860. The van der Waals surface area contributed by atoms with E-state index in [-0.39, 0.29) is 5.54 Å². The van der Waals surface area contributed by atoms with E-state index in [1.807, 2.05) is 0 Å². The van der Waals surface area contributed by atoms with Crippen LogP contribution in [-0.4, -0.2) is 30.1 Å². The molecule has 2 nitrogen and oxygen atoms in total. The molecule has 20 heavy (non-hydrogen) atoms. The minimum Gasteiger partial charge on any atom is -0.329 e. The number of nitrogens with zero attached hydrogens (tertiary/aromatic N) is 1. The number of benzene rings is 1. The van der Waals surface area contributed by atoms with E-state index in [1.54, 1.807) is 0 Å². The maximum Gasteiger partial charge on any atom is 0.0332 e. The van der Waals surface area contributed by atoms with Crippen molar-refractivity contribution in [2.45, 2.75) is 62.4 Å². The summed E-state index contributed by atoms with van der Waals surface area (Å²) in [6.07, 6.45) is 9.26. The Morgan fingerprint density at radius 2 is 1.75 bits per heavy atom. The second-order valence-electron chi connectivity index (χ2n) is 6.81. The molecule has 2 heteroatoms. The normalized spacial score (nSPS) is 31.2. The van der Waals surface area contributed by atoms with Gasteiger partial charge in [0.2, 0.25) is 0 Å². The molecular weight excluding hydrogens is 244 g/mol. The summed E-state index contributed by atoms with van der Waals surface area (Å²) in [5.74, 6) is 0.741. The Labute approximate surface area is 123 Å². The van der Waals surface area contributed by atoms with Crippen LogP contribution in [0.25, 0.3) is 0 Å². The van der Waals surface area contributed by atoms with Gasteiger partial charge < -0.3 is 5.73 Å². The first-order valence-electron chi connectivity index (χ1n) is 8.23. The minimum absolute atomic E-state index is 0.274. The maximum absolute atomic E-state index is 6.20. The molecule has 2 aliphatic rings. The molecule has 0 heterocycles. The van der Waals surface area contributed by atoms with Crippen LogP contribution < -0.4 is 5.73 Å². The third-order valence-corrected chi connectivity index (χ3v) is 5.94. The fraction of sp³-hybridized carbons (Fsp3) is 0.667. The van der Waals surface area contributed by atoms with Crippen molar-refractivity contribution in [3.63, 3.8) is 0 Å². The lowest BCUT2D eigenvalue weighted by atomic mass is 9.72. The Morgan fingerprint density at radius 1 is 1.10 bits per heavy atom. The standard InChI is InChI=1S/C18H28N2/c1-20(17-8-5-9-17)18(14-19)12-10-16(11-13-18)15-6-3-2-4-7-15/h2-4,6-7,16-17H,5,8-14,19H2,1H3. The van der Waals surface area contributed by atoms with Gasteiger partial charge in [-0.2, -0.15) is 0 Å². The highest BCUT2D eigenvalue weighted by molar-refractivity contribution is 5.21. The van der Waals surface area contributed by atoms with Gasteiger partial charge in [-0.1, -0.05) is 36.8 Å². The second kappa shape index (κ2) is 5.87. The number of hydrogen-bond donors (Lipinski definition) is 1. The van der Waals surface area contributed by atoms with Crippen LogP contribution in [0.15, 0.2) is 30.3 Å². The molecule has 0 saturated heterocycles. The molecule has 1 aromatic rings. The molecule has 0 spiro atoms. The first-order chi connectivity index (χ1) is 9.75. The Kier molecular flexibility index (Phi) is 4.13. The summed E-state index contributed by atoms with van der Waals surface area (Å²) in [5, 5.41) is 0. The largest absolute Gasteiger partial charge is 0.329 e. The molecule has 0 atom stereocenters. The summed E-state index contributed by atoms with van der Waals surface area (Å²) < 4.78 is 0. The molecule has 2 aliphatic carbocycles. The summed E-state index contributed by atoms with van der Waals surface area (Å²) >= 11 is 0. The van der Waals surface area contributed by atoms with Gasteiger partial charge in [0.15, 0.2) is 0 Å². The zero-order valence-electron chi connectivity index (χ0n) is 12.7. The zero-order valence-corrected chi connectivity index (χ0v) is 12.7.